The maximum absolute atomic E-state index is 12.1. The third-order valence-corrected chi connectivity index (χ3v) is 5.41. The maximum Gasteiger partial charge on any atom is 0.247 e. The summed E-state index contributed by atoms with van der Waals surface area (Å²) in [5.74, 6) is 1.40. The van der Waals surface area contributed by atoms with Crippen LogP contribution in [0.5, 0.6) is 0 Å². The lowest BCUT2D eigenvalue weighted by molar-refractivity contribution is -0.119. The van der Waals surface area contributed by atoms with Crippen molar-refractivity contribution in [2.75, 3.05) is 29.2 Å². The van der Waals surface area contributed by atoms with E-state index < -0.39 is 5.41 Å². The lowest BCUT2D eigenvalue weighted by Crippen LogP contribution is -2.26. The SMILES string of the molecule is CC1(C)C(=O)Nc2cc(Nc3nc4cccc(N[C@@H]5CCOC5)n4n3)ccc21. The molecule has 3 aromatic rings. The zero-order valence-electron chi connectivity index (χ0n) is 15.8. The van der Waals surface area contributed by atoms with Crippen LogP contribution in [-0.2, 0) is 14.9 Å². The van der Waals surface area contributed by atoms with Crippen LogP contribution in [0.2, 0.25) is 0 Å². The Labute approximate surface area is 162 Å². The van der Waals surface area contributed by atoms with Gasteiger partial charge in [0.2, 0.25) is 11.9 Å². The zero-order valence-corrected chi connectivity index (χ0v) is 15.8. The van der Waals surface area contributed by atoms with Crippen LogP contribution < -0.4 is 16.0 Å². The molecular weight excluding hydrogens is 356 g/mol. The first-order valence-electron chi connectivity index (χ1n) is 9.44. The molecule has 3 N–H and O–H groups in total. The Balaban J connectivity index is 1.42. The molecule has 8 heteroatoms. The average molecular weight is 378 g/mol. The fourth-order valence-electron chi connectivity index (χ4n) is 3.73. The fraction of sp³-hybridized carbons (Fsp3) is 0.350. The van der Waals surface area contributed by atoms with Gasteiger partial charge in [-0.1, -0.05) is 12.1 Å². The van der Waals surface area contributed by atoms with Crippen molar-refractivity contribution in [2.45, 2.75) is 31.7 Å². The van der Waals surface area contributed by atoms with Crippen molar-refractivity contribution < 1.29 is 9.53 Å². The summed E-state index contributed by atoms with van der Waals surface area (Å²) in [6, 6.07) is 12.0. The quantitative estimate of drug-likeness (QED) is 0.646. The number of aromatic nitrogens is 3. The van der Waals surface area contributed by atoms with Gasteiger partial charge in [0, 0.05) is 18.0 Å². The minimum absolute atomic E-state index is 0.0112. The van der Waals surface area contributed by atoms with Gasteiger partial charge in [0.1, 0.15) is 5.82 Å². The monoisotopic (exact) mass is 378 g/mol. The molecule has 0 bridgehead atoms. The molecule has 0 radical (unpaired) electrons. The van der Waals surface area contributed by atoms with Gasteiger partial charge in [0.15, 0.2) is 5.65 Å². The predicted octanol–water partition coefficient (Wildman–Crippen LogP) is 2.90. The van der Waals surface area contributed by atoms with E-state index in [1.807, 2.05) is 50.2 Å². The first kappa shape index (κ1) is 17.0. The Morgan fingerprint density at radius 1 is 1.29 bits per heavy atom. The van der Waals surface area contributed by atoms with Crippen LogP contribution in [0.1, 0.15) is 25.8 Å². The minimum atomic E-state index is -0.514. The lowest BCUT2D eigenvalue weighted by Gasteiger charge is -2.15. The third kappa shape index (κ3) is 2.77. The van der Waals surface area contributed by atoms with Crippen LogP contribution in [0.15, 0.2) is 36.4 Å². The largest absolute Gasteiger partial charge is 0.379 e. The summed E-state index contributed by atoms with van der Waals surface area (Å²) in [7, 11) is 0. The Kier molecular flexibility index (Phi) is 3.77. The van der Waals surface area contributed by atoms with Gasteiger partial charge in [-0.3, -0.25) is 4.79 Å². The molecule has 144 valence electrons. The second kappa shape index (κ2) is 6.20. The van der Waals surface area contributed by atoms with E-state index in [2.05, 4.69) is 26.0 Å². The molecular formula is C20H22N6O2. The smallest absolute Gasteiger partial charge is 0.247 e. The predicted molar refractivity (Wildman–Crippen MR) is 107 cm³/mol. The molecule has 0 unspecified atom stereocenters. The molecule has 2 aliphatic rings. The molecule has 1 aromatic carbocycles. The van der Waals surface area contributed by atoms with Gasteiger partial charge in [-0.15, -0.1) is 5.10 Å². The van der Waals surface area contributed by atoms with E-state index in [1.165, 1.54) is 0 Å². The molecule has 0 aliphatic carbocycles. The lowest BCUT2D eigenvalue weighted by atomic mass is 9.86. The summed E-state index contributed by atoms with van der Waals surface area (Å²) < 4.78 is 7.22. The number of benzene rings is 1. The van der Waals surface area contributed by atoms with E-state index in [0.29, 0.717) is 12.6 Å². The average Bonchev–Trinajstić information content (AvgIpc) is 3.35. The normalized spacial score (nSPS) is 20.2. The highest BCUT2D eigenvalue weighted by molar-refractivity contribution is 6.06. The number of anilines is 4. The number of nitrogens with one attached hydrogen (secondary N) is 3. The number of hydrogen-bond acceptors (Lipinski definition) is 6. The van der Waals surface area contributed by atoms with Crippen molar-refractivity contribution in [3.8, 4) is 0 Å². The number of fused-ring (bicyclic) bond motifs is 2. The number of carbonyl (C=O) groups excluding carboxylic acids is 1. The zero-order chi connectivity index (χ0) is 19.3. The summed E-state index contributed by atoms with van der Waals surface area (Å²) >= 11 is 0. The van der Waals surface area contributed by atoms with Crippen LogP contribution in [0.25, 0.3) is 5.65 Å². The molecule has 1 fully saturated rings. The molecule has 1 amide bonds. The Morgan fingerprint density at radius 2 is 2.18 bits per heavy atom. The number of nitrogens with zero attached hydrogens (tertiary/aromatic N) is 3. The van der Waals surface area contributed by atoms with E-state index in [9.17, 15) is 4.79 Å². The molecule has 28 heavy (non-hydrogen) atoms. The standard InChI is InChI=1S/C20H22N6O2/c1-20(2)14-7-6-12(10-15(14)23-18(20)27)22-19-24-17-5-3-4-16(26(17)25-19)21-13-8-9-28-11-13/h3-7,10,13,21H,8-9,11H2,1-2H3,(H,22,25)(H,23,27)/t13-/m1/s1. The minimum Gasteiger partial charge on any atom is -0.379 e. The Bertz CT molecular complexity index is 1070. The number of pyridine rings is 1. The number of hydrogen-bond donors (Lipinski definition) is 3. The molecule has 0 spiro atoms. The molecule has 8 nitrogen and oxygen atoms in total. The van der Waals surface area contributed by atoms with Gasteiger partial charge in [-0.2, -0.15) is 9.50 Å². The van der Waals surface area contributed by atoms with Crippen LogP contribution in [0.4, 0.5) is 23.1 Å². The van der Waals surface area contributed by atoms with Crippen molar-refractivity contribution in [1.29, 1.82) is 0 Å². The highest BCUT2D eigenvalue weighted by Gasteiger charge is 2.38. The molecule has 0 saturated carbocycles. The molecule has 2 aromatic heterocycles. The van der Waals surface area contributed by atoms with E-state index in [4.69, 9.17) is 4.74 Å². The third-order valence-electron chi connectivity index (χ3n) is 5.41. The molecule has 1 atom stereocenters. The molecule has 1 saturated heterocycles. The number of amides is 1. The molecule has 5 rings (SSSR count). The van der Waals surface area contributed by atoms with Crippen LogP contribution in [0, 0.1) is 0 Å². The van der Waals surface area contributed by atoms with E-state index in [0.717, 1.165) is 41.4 Å². The molecule has 4 heterocycles. The second-order valence-corrected chi connectivity index (χ2v) is 7.79. The van der Waals surface area contributed by atoms with Gasteiger partial charge in [-0.05, 0) is 50.1 Å². The fourth-order valence-corrected chi connectivity index (χ4v) is 3.73. The second-order valence-electron chi connectivity index (χ2n) is 7.79. The van der Waals surface area contributed by atoms with Crippen molar-refractivity contribution in [3.63, 3.8) is 0 Å². The summed E-state index contributed by atoms with van der Waals surface area (Å²) in [5.41, 5.74) is 2.89. The van der Waals surface area contributed by atoms with Crippen molar-refractivity contribution in [3.05, 3.63) is 42.0 Å². The number of carbonyl (C=O) groups is 1. The van der Waals surface area contributed by atoms with Crippen molar-refractivity contribution in [1.82, 2.24) is 14.6 Å². The first-order valence-corrected chi connectivity index (χ1v) is 9.44. The van der Waals surface area contributed by atoms with Crippen molar-refractivity contribution >= 4 is 34.7 Å². The Hall–Kier alpha value is -3.13. The first-order chi connectivity index (χ1) is 13.5. The van der Waals surface area contributed by atoms with E-state index >= 15 is 0 Å². The maximum atomic E-state index is 12.1. The van der Waals surface area contributed by atoms with Crippen LogP contribution >= 0.6 is 0 Å². The summed E-state index contributed by atoms with van der Waals surface area (Å²) in [5, 5.41) is 14.2. The van der Waals surface area contributed by atoms with Gasteiger partial charge < -0.3 is 20.7 Å². The van der Waals surface area contributed by atoms with Crippen molar-refractivity contribution in [2.24, 2.45) is 0 Å². The van der Waals surface area contributed by atoms with Crippen LogP contribution in [0.3, 0.4) is 0 Å². The van der Waals surface area contributed by atoms with Gasteiger partial charge >= 0.3 is 0 Å². The number of ether oxygens (including phenoxy) is 1. The highest BCUT2D eigenvalue weighted by atomic mass is 16.5. The van der Waals surface area contributed by atoms with E-state index in [-0.39, 0.29) is 11.9 Å². The van der Waals surface area contributed by atoms with Gasteiger partial charge in [0.25, 0.3) is 0 Å². The van der Waals surface area contributed by atoms with Gasteiger partial charge in [-0.25, -0.2) is 0 Å². The number of rotatable bonds is 4. The summed E-state index contributed by atoms with van der Waals surface area (Å²) in [6.07, 6.45) is 0.980. The van der Waals surface area contributed by atoms with E-state index in [1.54, 1.807) is 4.52 Å². The Morgan fingerprint density at radius 3 is 3.00 bits per heavy atom. The molecule has 2 aliphatic heterocycles. The van der Waals surface area contributed by atoms with Gasteiger partial charge in [0.05, 0.1) is 18.1 Å². The van der Waals surface area contributed by atoms with Crippen LogP contribution in [-0.4, -0.2) is 39.8 Å². The highest BCUT2D eigenvalue weighted by Crippen LogP contribution is 2.38. The topological polar surface area (TPSA) is 92.6 Å². The summed E-state index contributed by atoms with van der Waals surface area (Å²) in [4.78, 5) is 16.7. The summed E-state index contributed by atoms with van der Waals surface area (Å²) in [6.45, 7) is 5.33.